The molecular weight excluding hydrogens is 320 g/mol. The number of aliphatic carboxylic acids is 1. The molecule has 1 aromatic carbocycles. The van der Waals surface area contributed by atoms with Gasteiger partial charge in [-0.05, 0) is 76.8 Å². The van der Waals surface area contributed by atoms with Crippen molar-refractivity contribution in [1.82, 2.24) is 0 Å². The topological polar surface area (TPSA) is 37.3 Å². The van der Waals surface area contributed by atoms with Gasteiger partial charge in [0.15, 0.2) is 0 Å². The molecule has 2 aliphatic carbocycles. The van der Waals surface area contributed by atoms with E-state index in [0.29, 0.717) is 0 Å². The van der Waals surface area contributed by atoms with E-state index in [0.717, 1.165) is 18.4 Å². The molecule has 0 saturated heterocycles. The second-order valence-corrected chi connectivity index (χ2v) is 9.06. The molecule has 0 radical (unpaired) electrons. The van der Waals surface area contributed by atoms with Crippen molar-refractivity contribution in [1.29, 1.82) is 0 Å². The third kappa shape index (κ3) is 3.42. The van der Waals surface area contributed by atoms with Crippen molar-refractivity contribution in [3.63, 3.8) is 0 Å². The number of carbonyl (C=O) groups is 1. The lowest BCUT2D eigenvalue weighted by Crippen LogP contribution is -2.35. The van der Waals surface area contributed by atoms with E-state index in [1.165, 1.54) is 41.2 Å². The fourth-order valence-electron chi connectivity index (χ4n) is 4.56. The number of carboxylic acid groups (broad SMARTS) is 1. The van der Waals surface area contributed by atoms with Gasteiger partial charge in [-0.1, -0.05) is 58.1 Å². The van der Waals surface area contributed by atoms with Gasteiger partial charge in [-0.3, -0.25) is 0 Å². The molecule has 0 spiro atoms. The lowest BCUT2D eigenvalue weighted by molar-refractivity contribution is -0.131. The van der Waals surface area contributed by atoms with Crippen LogP contribution in [-0.4, -0.2) is 11.1 Å². The molecule has 0 atom stereocenters. The summed E-state index contributed by atoms with van der Waals surface area (Å²) in [4.78, 5) is 10.7. The number of benzene rings is 1. The molecule has 0 saturated carbocycles. The molecule has 138 valence electrons. The third-order valence-electron chi connectivity index (χ3n) is 6.09. The highest BCUT2D eigenvalue weighted by Crippen LogP contribution is 2.50. The van der Waals surface area contributed by atoms with Gasteiger partial charge in [0.25, 0.3) is 0 Å². The summed E-state index contributed by atoms with van der Waals surface area (Å²) in [6, 6.07) is 4.66. The van der Waals surface area contributed by atoms with Crippen molar-refractivity contribution >= 4 is 11.5 Å². The van der Waals surface area contributed by atoms with Gasteiger partial charge in [0.05, 0.1) is 0 Å². The molecule has 2 heteroatoms. The number of carboxylic acids is 1. The lowest BCUT2D eigenvalue weighted by Gasteiger charge is -2.43. The van der Waals surface area contributed by atoms with E-state index in [4.69, 9.17) is 5.11 Å². The van der Waals surface area contributed by atoms with Gasteiger partial charge in [-0.25, -0.2) is 4.79 Å². The summed E-state index contributed by atoms with van der Waals surface area (Å²) in [6.45, 7) is 11.3. The third-order valence-corrected chi connectivity index (χ3v) is 6.09. The number of hydrogen-bond donors (Lipinski definition) is 1. The van der Waals surface area contributed by atoms with Crippen LogP contribution in [0.4, 0.5) is 0 Å². The Hall–Kier alpha value is -2.09. The van der Waals surface area contributed by atoms with Crippen LogP contribution in [0.5, 0.6) is 0 Å². The molecule has 0 heterocycles. The predicted octanol–water partition coefficient (Wildman–Crippen LogP) is 5.95. The first-order chi connectivity index (χ1) is 12.1. The van der Waals surface area contributed by atoms with Crippen LogP contribution in [-0.2, 0) is 22.0 Å². The van der Waals surface area contributed by atoms with Gasteiger partial charge >= 0.3 is 5.97 Å². The first kappa shape index (κ1) is 18.7. The second-order valence-electron chi connectivity index (χ2n) is 9.06. The summed E-state index contributed by atoms with van der Waals surface area (Å²) in [6.07, 6.45) is 11.9. The minimum absolute atomic E-state index is 0.238. The maximum atomic E-state index is 10.7. The van der Waals surface area contributed by atoms with E-state index < -0.39 is 5.97 Å². The summed E-state index contributed by atoms with van der Waals surface area (Å²) in [5, 5.41) is 8.80. The maximum absolute atomic E-state index is 10.7. The van der Waals surface area contributed by atoms with Crippen LogP contribution in [0.3, 0.4) is 0 Å². The smallest absolute Gasteiger partial charge is 0.328 e. The van der Waals surface area contributed by atoms with Crippen LogP contribution in [0.1, 0.15) is 76.1 Å². The van der Waals surface area contributed by atoms with E-state index in [-0.39, 0.29) is 10.8 Å². The van der Waals surface area contributed by atoms with Crippen LogP contribution in [0.15, 0.2) is 42.0 Å². The zero-order chi connectivity index (χ0) is 19.1. The summed E-state index contributed by atoms with van der Waals surface area (Å²) >= 11 is 0. The Balaban J connectivity index is 2.00. The predicted molar refractivity (Wildman–Crippen MR) is 109 cm³/mol. The van der Waals surface area contributed by atoms with Crippen LogP contribution < -0.4 is 0 Å². The molecular formula is C24H30O2. The Morgan fingerprint density at radius 1 is 1.08 bits per heavy atom. The molecule has 2 aliphatic rings. The quantitative estimate of drug-likeness (QED) is 0.540. The number of allylic oxidation sites excluding steroid dienone is 5. The first-order valence-electron chi connectivity index (χ1n) is 9.57. The Bertz CT molecular complexity index is 832. The highest BCUT2D eigenvalue weighted by atomic mass is 16.4. The van der Waals surface area contributed by atoms with Gasteiger partial charge in [0.2, 0.25) is 0 Å². The highest BCUT2D eigenvalue weighted by Gasteiger charge is 2.40. The summed E-state index contributed by atoms with van der Waals surface area (Å²) in [5.41, 5.74) is 8.65. The maximum Gasteiger partial charge on any atom is 0.328 e. The fourth-order valence-corrected chi connectivity index (χ4v) is 4.56. The Morgan fingerprint density at radius 2 is 1.77 bits per heavy atom. The Morgan fingerprint density at radius 3 is 2.46 bits per heavy atom. The largest absolute Gasteiger partial charge is 0.478 e. The molecule has 1 N–H and O–H groups in total. The van der Waals surface area contributed by atoms with Gasteiger partial charge in [0, 0.05) is 6.08 Å². The van der Waals surface area contributed by atoms with Gasteiger partial charge in [-0.2, -0.15) is 0 Å². The van der Waals surface area contributed by atoms with Gasteiger partial charge in [0.1, 0.15) is 0 Å². The van der Waals surface area contributed by atoms with Gasteiger partial charge < -0.3 is 5.11 Å². The van der Waals surface area contributed by atoms with Crippen molar-refractivity contribution in [2.75, 3.05) is 0 Å². The minimum Gasteiger partial charge on any atom is -0.478 e. The molecule has 3 rings (SSSR count). The molecule has 0 unspecified atom stereocenters. The first-order valence-corrected chi connectivity index (χ1v) is 9.57. The zero-order valence-electron chi connectivity index (χ0n) is 16.6. The van der Waals surface area contributed by atoms with Crippen molar-refractivity contribution in [2.45, 2.75) is 71.1 Å². The molecule has 2 nitrogen and oxygen atoms in total. The normalized spacial score (nSPS) is 22.5. The lowest BCUT2D eigenvalue weighted by atomic mass is 9.61. The van der Waals surface area contributed by atoms with Crippen molar-refractivity contribution in [3.05, 3.63) is 64.3 Å². The van der Waals surface area contributed by atoms with Gasteiger partial charge in [-0.15, -0.1) is 0 Å². The SMILES string of the molecule is C/C(C=CC=C1CCc2c1ccc1c2C(C)(C)CCC1(C)C)=C\C(=O)O. The average molecular weight is 351 g/mol. The monoisotopic (exact) mass is 350 g/mol. The van der Waals surface area contributed by atoms with E-state index in [1.807, 2.05) is 19.1 Å². The zero-order valence-corrected chi connectivity index (χ0v) is 16.6. The van der Waals surface area contributed by atoms with Crippen LogP contribution in [0.2, 0.25) is 0 Å². The molecule has 0 amide bonds. The van der Waals surface area contributed by atoms with Crippen molar-refractivity contribution < 1.29 is 9.90 Å². The molecule has 0 fully saturated rings. The van der Waals surface area contributed by atoms with E-state index in [2.05, 4.69) is 45.9 Å². The highest BCUT2D eigenvalue weighted by molar-refractivity contribution is 5.81. The van der Waals surface area contributed by atoms with E-state index in [1.54, 1.807) is 5.56 Å². The number of fused-ring (bicyclic) bond motifs is 3. The molecule has 26 heavy (non-hydrogen) atoms. The van der Waals surface area contributed by atoms with Crippen LogP contribution in [0.25, 0.3) is 5.57 Å². The summed E-state index contributed by atoms with van der Waals surface area (Å²) < 4.78 is 0. The number of rotatable bonds is 3. The molecule has 0 bridgehead atoms. The molecule has 0 aromatic heterocycles. The standard InChI is InChI=1S/C24H30O2/c1-16(15-21(25)26)7-6-8-17-9-10-19-18(17)11-12-20-22(19)24(4,5)14-13-23(20,2)3/h6-8,11-12,15H,9-10,13-14H2,1-5H3,(H,25,26)/b7-6?,16-15+,17-8?. The van der Waals surface area contributed by atoms with Crippen LogP contribution in [0, 0.1) is 0 Å². The van der Waals surface area contributed by atoms with Crippen molar-refractivity contribution in [2.24, 2.45) is 0 Å². The summed E-state index contributed by atoms with van der Waals surface area (Å²) in [7, 11) is 0. The minimum atomic E-state index is -0.900. The molecule has 0 aliphatic heterocycles. The average Bonchev–Trinajstić information content (AvgIpc) is 2.94. The Labute approximate surface area is 157 Å². The Kier molecular flexibility index (Phi) is 4.72. The second kappa shape index (κ2) is 6.57. The van der Waals surface area contributed by atoms with E-state index in [9.17, 15) is 4.79 Å². The van der Waals surface area contributed by atoms with Crippen LogP contribution >= 0.6 is 0 Å². The molecule has 1 aromatic rings. The fraction of sp³-hybridized carbons (Fsp3) is 0.458. The summed E-state index contributed by atoms with van der Waals surface area (Å²) in [5.74, 6) is -0.900. The van der Waals surface area contributed by atoms with E-state index >= 15 is 0 Å². The van der Waals surface area contributed by atoms with Crippen molar-refractivity contribution in [3.8, 4) is 0 Å². The number of hydrogen-bond acceptors (Lipinski definition) is 1.